The second-order valence-electron chi connectivity index (χ2n) is 4.79. The first-order valence-electron chi connectivity index (χ1n) is 6.49. The number of aliphatic hydroxyl groups excluding tert-OH is 1. The van der Waals surface area contributed by atoms with E-state index in [2.05, 4.69) is 53.7 Å². The average molecular weight is 370 g/mol. The second-order valence-corrected chi connectivity index (χ2v) is 5.87. The van der Waals surface area contributed by atoms with E-state index in [1.807, 2.05) is 23.7 Å². The highest BCUT2D eigenvalue weighted by atomic mass is 127. The summed E-state index contributed by atoms with van der Waals surface area (Å²) in [6.45, 7) is 6.95. The molecular formula is C15H19IN2O. The molecule has 0 bridgehead atoms. The quantitative estimate of drug-likeness (QED) is 0.838. The van der Waals surface area contributed by atoms with Gasteiger partial charge in [-0.05, 0) is 60.6 Å². The van der Waals surface area contributed by atoms with Crippen molar-refractivity contribution >= 4 is 22.6 Å². The van der Waals surface area contributed by atoms with E-state index in [0.717, 1.165) is 27.1 Å². The van der Waals surface area contributed by atoms with Crippen LogP contribution < -0.4 is 0 Å². The Labute approximate surface area is 127 Å². The molecule has 0 saturated heterocycles. The van der Waals surface area contributed by atoms with Crippen molar-refractivity contribution in [3.63, 3.8) is 0 Å². The first-order valence-corrected chi connectivity index (χ1v) is 7.57. The van der Waals surface area contributed by atoms with Crippen molar-refractivity contribution in [2.75, 3.05) is 0 Å². The molecule has 0 saturated carbocycles. The van der Waals surface area contributed by atoms with E-state index in [-0.39, 0.29) is 0 Å². The Bertz CT molecular complexity index is 578. The van der Waals surface area contributed by atoms with Gasteiger partial charge in [-0.25, -0.2) is 0 Å². The highest BCUT2D eigenvalue weighted by Gasteiger charge is 2.15. The monoisotopic (exact) mass is 370 g/mol. The van der Waals surface area contributed by atoms with Crippen LogP contribution in [0.2, 0.25) is 0 Å². The second kappa shape index (κ2) is 6.05. The number of aromatic nitrogens is 2. The Balaban J connectivity index is 2.25. The number of nitrogens with zero attached hydrogens (tertiary/aromatic N) is 2. The van der Waals surface area contributed by atoms with Crippen LogP contribution in [-0.2, 0) is 13.0 Å². The van der Waals surface area contributed by atoms with Crippen LogP contribution in [0.1, 0.15) is 35.5 Å². The SMILES string of the molecule is CCn1nc(C)cc1CC(O)c1cccc(C)c1I. The van der Waals surface area contributed by atoms with E-state index in [4.69, 9.17) is 0 Å². The minimum atomic E-state index is -0.479. The lowest BCUT2D eigenvalue weighted by molar-refractivity contribution is 0.174. The molecule has 1 atom stereocenters. The van der Waals surface area contributed by atoms with Crippen molar-refractivity contribution in [2.24, 2.45) is 0 Å². The van der Waals surface area contributed by atoms with Crippen LogP contribution in [0.25, 0.3) is 0 Å². The van der Waals surface area contributed by atoms with E-state index in [9.17, 15) is 5.11 Å². The highest BCUT2D eigenvalue weighted by Crippen LogP contribution is 2.25. The fourth-order valence-corrected chi connectivity index (χ4v) is 2.99. The van der Waals surface area contributed by atoms with Crippen molar-refractivity contribution in [2.45, 2.75) is 39.8 Å². The molecule has 0 amide bonds. The fourth-order valence-electron chi connectivity index (χ4n) is 2.27. The summed E-state index contributed by atoms with van der Waals surface area (Å²) in [6.07, 6.45) is 0.127. The number of aryl methyl sites for hydroxylation is 3. The van der Waals surface area contributed by atoms with Crippen LogP contribution in [0.15, 0.2) is 24.3 Å². The summed E-state index contributed by atoms with van der Waals surface area (Å²) in [5, 5.41) is 14.9. The molecule has 1 aromatic heterocycles. The van der Waals surface area contributed by atoms with Crippen molar-refractivity contribution < 1.29 is 5.11 Å². The molecule has 19 heavy (non-hydrogen) atoms. The van der Waals surface area contributed by atoms with E-state index in [1.54, 1.807) is 0 Å². The maximum atomic E-state index is 10.5. The standard InChI is InChI=1S/C15H19IN2O/c1-4-18-12(8-11(3)17-18)9-14(19)13-7-5-6-10(2)15(13)16/h5-8,14,19H,4,9H2,1-3H3. The van der Waals surface area contributed by atoms with Crippen molar-refractivity contribution in [3.05, 3.63) is 50.4 Å². The van der Waals surface area contributed by atoms with Gasteiger partial charge >= 0.3 is 0 Å². The van der Waals surface area contributed by atoms with Gasteiger partial charge in [0.25, 0.3) is 0 Å². The first-order chi connectivity index (χ1) is 9.02. The van der Waals surface area contributed by atoms with E-state index < -0.39 is 6.10 Å². The smallest absolute Gasteiger partial charge is 0.0855 e. The summed E-state index contributed by atoms with van der Waals surface area (Å²) >= 11 is 2.30. The minimum Gasteiger partial charge on any atom is -0.388 e. The van der Waals surface area contributed by atoms with Gasteiger partial charge in [0.05, 0.1) is 11.8 Å². The van der Waals surface area contributed by atoms with Crippen molar-refractivity contribution in [1.82, 2.24) is 9.78 Å². The summed E-state index contributed by atoms with van der Waals surface area (Å²) in [4.78, 5) is 0. The van der Waals surface area contributed by atoms with Crippen LogP contribution in [0.4, 0.5) is 0 Å². The molecule has 0 fully saturated rings. The van der Waals surface area contributed by atoms with Gasteiger partial charge in [-0.1, -0.05) is 18.2 Å². The van der Waals surface area contributed by atoms with Gasteiger partial charge in [0.15, 0.2) is 0 Å². The first kappa shape index (κ1) is 14.5. The number of hydrogen-bond donors (Lipinski definition) is 1. The number of hydrogen-bond acceptors (Lipinski definition) is 2. The lowest BCUT2D eigenvalue weighted by Crippen LogP contribution is -2.09. The normalized spacial score (nSPS) is 12.7. The Kier molecular flexibility index (Phi) is 4.62. The molecule has 0 aliphatic carbocycles. The average Bonchev–Trinajstić information content (AvgIpc) is 2.72. The third-order valence-corrected chi connectivity index (χ3v) is 4.74. The molecule has 0 radical (unpaired) electrons. The molecule has 1 N–H and O–H groups in total. The molecule has 4 heteroatoms. The van der Waals surface area contributed by atoms with Crippen LogP contribution in [-0.4, -0.2) is 14.9 Å². The fraction of sp³-hybridized carbons (Fsp3) is 0.400. The number of benzene rings is 1. The Morgan fingerprint density at radius 1 is 1.37 bits per heavy atom. The zero-order valence-corrected chi connectivity index (χ0v) is 13.7. The molecular weight excluding hydrogens is 351 g/mol. The van der Waals surface area contributed by atoms with Crippen molar-refractivity contribution in [1.29, 1.82) is 0 Å². The topological polar surface area (TPSA) is 38.0 Å². The van der Waals surface area contributed by atoms with E-state index in [1.165, 1.54) is 5.56 Å². The van der Waals surface area contributed by atoms with Gasteiger partial charge in [-0.3, -0.25) is 4.68 Å². The van der Waals surface area contributed by atoms with Crippen LogP contribution >= 0.6 is 22.6 Å². The summed E-state index contributed by atoms with van der Waals surface area (Å²) in [5.74, 6) is 0. The predicted octanol–water partition coefficient (Wildman–Crippen LogP) is 3.40. The van der Waals surface area contributed by atoms with Crippen LogP contribution in [0.3, 0.4) is 0 Å². The minimum absolute atomic E-state index is 0.479. The summed E-state index contributed by atoms with van der Waals surface area (Å²) < 4.78 is 3.10. The van der Waals surface area contributed by atoms with Crippen LogP contribution in [0.5, 0.6) is 0 Å². The molecule has 0 aliphatic heterocycles. The summed E-state index contributed by atoms with van der Waals surface area (Å²) in [6, 6.07) is 8.12. The lowest BCUT2D eigenvalue weighted by atomic mass is 10.0. The summed E-state index contributed by atoms with van der Waals surface area (Å²) in [7, 11) is 0. The molecule has 0 aliphatic rings. The molecule has 2 aromatic rings. The van der Waals surface area contributed by atoms with E-state index in [0.29, 0.717) is 6.42 Å². The van der Waals surface area contributed by atoms with E-state index >= 15 is 0 Å². The maximum Gasteiger partial charge on any atom is 0.0855 e. The molecule has 3 nitrogen and oxygen atoms in total. The lowest BCUT2D eigenvalue weighted by Gasteiger charge is -2.15. The number of halogens is 1. The zero-order chi connectivity index (χ0) is 14.0. The molecule has 102 valence electrons. The van der Waals surface area contributed by atoms with Gasteiger partial charge in [0.2, 0.25) is 0 Å². The molecule has 1 unspecified atom stereocenters. The molecule has 0 spiro atoms. The number of rotatable bonds is 4. The Morgan fingerprint density at radius 2 is 2.11 bits per heavy atom. The van der Waals surface area contributed by atoms with Gasteiger partial charge in [0, 0.05) is 22.2 Å². The molecule has 2 rings (SSSR count). The predicted molar refractivity (Wildman–Crippen MR) is 85.2 cm³/mol. The van der Waals surface area contributed by atoms with Gasteiger partial charge in [-0.15, -0.1) is 0 Å². The van der Waals surface area contributed by atoms with Gasteiger partial charge in [0.1, 0.15) is 0 Å². The third-order valence-electron chi connectivity index (χ3n) is 3.27. The third kappa shape index (κ3) is 3.17. The Hall–Kier alpha value is -0.880. The highest BCUT2D eigenvalue weighted by molar-refractivity contribution is 14.1. The summed E-state index contributed by atoms with van der Waals surface area (Å²) in [5.41, 5.74) is 4.30. The molecule has 1 heterocycles. The van der Waals surface area contributed by atoms with Gasteiger partial charge in [-0.2, -0.15) is 5.10 Å². The maximum absolute atomic E-state index is 10.5. The van der Waals surface area contributed by atoms with Gasteiger partial charge < -0.3 is 5.11 Å². The Morgan fingerprint density at radius 3 is 2.79 bits per heavy atom. The van der Waals surface area contributed by atoms with Crippen molar-refractivity contribution in [3.8, 4) is 0 Å². The zero-order valence-electron chi connectivity index (χ0n) is 11.5. The largest absolute Gasteiger partial charge is 0.388 e. The molecule has 1 aromatic carbocycles. The number of aliphatic hydroxyl groups is 1. The van der Waals surface area contributed by atoms with Crippen LogP contribution in [0, 0.1) is 17.4 Å².